The fourth-order valence-corrected chi connectivity index (χ4v) is 7.53. The van der Waals surface area contributed by atoms with Crippen LogP contribution in [0.5, 0.6) is 0 Å². The fourth-order valence-electron chi connectivity index (χ4n) is 7.26. The number of fused-ring (bicyclic) bond motifs is 6. The third-order valence-corrected chi connectivity index (χ3v) is 10.1. The average Bonchev–Trinajstić information content (AvgIpc) is 3.19. The maximum absolute atomic E-state index is 5.17. The van der Waals surface area contributed by atoms with Crippen LogP contribution in [0.3, 0.4) is 0 Å². The Kier molecular flexibility index (Phi) is 7.49. The Morgan fingerprint density at radius 3 is 1.46 bits per heavy atom. The first kappa shape index (κ1) is 30.1. The Hall–Kier alpha value is -6.03. The first-order valence-electron chi connectivity index (χ1n) is 16.9. The van der Waals surface area contributed by atoms with Gasteiger partial charge in [0.25, 0.3) is 0 Å². The van der Waals surface area contributed by atoms with Gasteiger partial charge in [0, 0.05) is 27.1 Å². The zero-order chi connectivity index (χ0) is 33.6. The van der Waals surface area contributed by atoms with Gasteiger partial charge in [-0.1, -0.05) is 146 Å². The van der Waals surface area contributed by atoms with Crippen molar-refractivity contribution in [2.24, 2.45) is 0 Å². The van der Waals surface area contributed by atoms with Crippen LogP contribution in [0.2, 0.25) is 0 Å². The van der Waals surface area contributed by atoms with Gasteiger partial charge in [-0.15, -0.1) is 12.6 Å². The van der Waals surface area contributed by atoms with Crippen molar-refractivity contribution in [3.8, 4) is 56.2 Å². The number of aromatic nitrogens is 2. The Bertz CT molecular complexity index is 2700. The van der Waals surface area contributed by atoms with Gasteiger partial charge >= 0.3 is 0 Å². The predicted molar refractivity (Wildman–Crippen MR) is 214 cm³/mol. The normalized spacial score (nSPS) is 11.4. The molecule has 3 heteroatoms. The lowest BCUT2D eigenvalue weighted by molar-refractivity contribution is 1.14. The lowest BCUT2D eigenvalue weighted by atomic mass is 9.91. The second kappa shape index (κ2) is 12.5. The van der Waals surface area contributed by atoms with Gasteiger partial charge in [-0.25, -0.2) is 9.97 Å². The van der Waals surface area contributed by atoms with E-state index in [2.05, 4.69) is 140 Å². The number of hydrogen-bond acceptors (Lipinski definition) is 3. The third kappa shape index (κ3) is 5.24. The molecule has 9 rings (SSSR count). The van der Waals surface area contributed by atoms with Crippen LogP contribution in [0, 0.1) is 6.92 Å². The van der Waals surface area contributed by atoms with E-state index in [-0.39, 0.29) is 0 Å². The average molecular weight is 657 g/mol. The van der Waals surface area contributed by atoms with Gasteiger partial charge in [0.2, 0.25) is 0 Å². The Morgan fingerprint density at radius 2 is 0.820 bits per heavy atom. The first-order valence-corrected chi connectivity index (χ1v) is 17.3. The second-order valence-corrected chi connectivity index (χ2v) is 13.2. The third-order valence-electron chi connectivity index (χ3n) is 9.75. The van der Waals surface area contributed by atoms with Gasteiger partial charge in [-0.3, -0.25) is 0 Å². The lowest BCUT2D eigenvalue weighted by Crippen LogP contribution is -2.00. The molecule has 0 saturated heterocycles. The number of benzene rings is 8. The maximum Gasteiger partial charge on any atom is 0.160 e. The molecule has 2 nitrogen and oxygen atoms in total. The molecule has 0 aliphatic heterocycles. The molecule has 236 valence electrons. The molecule has 0 bridgehead atoms. The van der Waals surface area contributed by atoms with Crippen LogP contribution in [0.25, 0.3) is 88.5 Å². The van der Waals surface area contributed by atoms with Gasteiger partial charge in [0.15, 0.2) is 5.82 Å². The molecule has 0 atom stereocenters. The molecule has 0 aliphatic carbocycles. The van der Waals surface area contributed by atoms with Crippen molar-refractivity contribution in [1.82, 2.24) is 9.97 Å². The second-order valence-electron chi connectivity index (χ2n) is 12.8. The van der Waals surface area contributed by atoms with Crippen LogP contribution >= 0.6 is 12.6 Å². The van der Waals surface area contributed by atoms with Crippen molar-refractivity contribution in [2.45, 2.75) is 11.8 Å². The van der Waals surface area contributed by atoms with Crippen LogP contribution in [0.4, 0.5) is 0 Å². The van der Waals surface area contributed by atoms with E-state index < -0.39 is 0 Å². The van der Waals surface area contributed by atoms with Gasteiger partial charge in [-0.2, -0.15) is 0 Å². The van der Waals surface area contributed by atoms with E-state index in [4.69, 9.17) is 22.6 Å². The van der Waals surface area contributed by atoms with E-state index in [0.717, 1.165) is 49.7 Å². The minimum atomic E-state index is 0.696. The minimum absolute atomic E-state index is 0.696. The molecule has 0 radical (unpaired) electrons. The molecule has 8 aromatic carbocycles. The molecule has 1 heterocycles. The highest BCUT2D eigenvalue weighted by molar-refractivity contribution is 7.80. The summed E-state index contributed by atoms with van der Waals surface area (Å²) in [7, 11) is 0. The molecule has 0 N–H and O–H groups in total. The summed E-state index contributed by atoms with van der Waals surface area (Å²) < 4.78 is 0. The maximum atomic E-state index is 5.17. The summed E-state index contributed by atoms with van der Waals surface area (Å²) in [5, 5.41) is 7.70. The summed E-state index contributed by atoms with van der Waals surface area (Å²) in [6.07, 6.45) is 0. The van der Waals surface area contributed by atoms with Gasteiger partial charge < -0.3 is 0 Å². The van der Waals surface area contributed by atoms with Crippen molar-refractivity contribution in [3.63, 3.8) is 0 Å². The summed E-state index contributed by atoms with van der Waals surface area (Å²) in [5.41, 5.74) is 10.5. The number of rotatable bonds is 5. The fraction of sp³-hybridized carbons (Fsp3) is 0.0213. The van der Waals surface area contributed by atoms with E-state index in [1.54, 1.807) is 0 Å². The molecule has 50 heavy (non-hydrogen) atoms. The van der Waals surface area contributed by atoms with E-state index in [1.165, 1.54) is 43.4 Å². The lowest BCUT2D eigenvalue weighted by Gasteiger charge is -2.15. The molecule has 0 saturated carbocycles. The Balaban J connectivity index is 1.16. The van der Waals surface area contributed by atoms with E-state index in [9.17, 15) is 0 Å². The van der Waals surface area contributed by atoms with Crippen LogP contribution in [-0.2, 0) is 0 Å². The summed E-state index contributed by atoms with van der Waals surface area (Å²) in [4.78, 5) is 11.1. The Labute approximate surface area is 297 Å². The standard InChI is InChI=1S/C47H32N2S/c1-30-45(48-47(31-13-3-2-4-14-31)49-46(30)42-23-9-10-24-44(42)50)36-18-12-17-34(28-36)32-15-11-16-33(27-32)35-25-26-41-39-21-6-5-19-37(39)38-20-7-8-22-40(38)43(41)29-35/h2-29,50H,1H3. The number of nitrogens with zero attached hydrogens (tertiary/aromatic N) is 2. The largest absolute Gasteiger partial charge is 0.228 e. The molecule has 0 unspecified atom stereocenters. The minimum Gasteiger partial charge on any atom is -0.228 e. The first-order chi connectivity index (χ1) is 24.6. The topological polar surface area (TPSA) is 25.8 Å². The molecule has 0 amide bonds. The summed E-state index contributed by atoms with van der Waals surface area (Å²) in [6, 6.07) is 60.3. The highest BCUT2D eigenvalue weighted by Crippen LogP contribution is 2.39. The molecule has 0 fully saturated rings. The van der Waals surface area contributed by atoms with Crippen LogP contribution in [0.1, 0.15) is 5.56 Å². The molecule has 0 spiro atoms. The summed E-state index contributed by atoms with van der Waals surface area (Å²) >= 11 is 4.80. The molecule has 1 aromatic heterocycles. The van der Waals surface area contributed by atoms with E-state index in [0.29, 0.717) is 5.82 Å². The highest BCUT2D eigenvalue weighted by atomic mass is 32.1. The monoisotopic (exact) mass is 656 g/mol. The van der Waals surface area contributed by atoms with Gasteiger partial charge in [0.1, 0.15) is 0 Å². The smallest absolute Gasteiger partial charge is 0.160 e. The SMILES string of the molecule is Cc1c(-c2cccc(-c3cccc(-c4ccc5c6ccccc6c6ccccc6c5c4)c3)c2)nc(-c2ccccc2)nc1-c1ccccc1S. The Morgan fingerprint density at radius 1 is 0.360 bits per heavy atom. The van der Waals surface area contributed by atoms with Crippen molar-refractivity contribution < 1.29 is 0 Å². The molecular formula is C47H32N2S. The highest BCUT2D eigenvalue weighted by Gasteiger charge is 2.18. The van der Waals surface area contributed by atoms with E-state index in [1.807, 2.05) is 36.4 Å². The van der Waals surface area contributed by atoms with Crippen LogP contribution in [-0.4, -0.2) is 9.97 Å². The van der Waals surface area contributed by atoms with Gasteiger partial charge in [0.05, 0.1) is 11.4 Å². The number of hydrogen-bond donors (Lipinski definition) is 1. The van der Waals surface area contributed by atoms with E-state index >= 15 is 0 Å². The van der Waals surface area contributed by atoms with Crippen LogP contribution in [0.15, 0.2) is 175 Å². The quantitative estimate of drug-likeness (QED) is 0.147. The molecule has 9 aromatic rings. The molecular weight excluding hydrogens is 625 g/mol. The van der Waals surface area contributed by atoms with Crippen molar-refractivity contribution in [2.75, 3.05) is 0 Å². The number of thiol groups is 1. The zero-order valence-electron chi connectivity index (χ0n) is 27.5. The van der Waals surface area contributed by atoms with Crippen LogP contribution < -0.4 is 0 Å². The molecule has 0 aliphatic rings. The van der Waals surface area contributed by atoms with Crippen molar-refractivity contribution in [3.05, 3.63) is 175 Å². The predicted octanol–water partition coefficient (Wildman–Crippen LogP) is 12.9. The van der Waals surface area contributed by atoms with Gasteiger partial charge in [-0.05, 0) is 85.8 Å². The van der Waals surface area contributed by atoms with Crippen molar-refractivity contribution in [1.29, 1.82) is 0 Å². The van der Waals surface area contributed by atoms with Crippen molar-refractivity contribution >= 4 is 44.9 Å². The summed E-state index contributed by atoms with van der Waals surface area (Å²) in [5.74, 6) is 0.696. The summed E-state index contributed by atoms with van der Waals surface area (Å²) in [6.45, 7) is 2.11. The zero-order valence-corrected chi connectivity index (χ0v) is 28.4.